The molecule has 190 valence electrons. The van der Waals surface area contributed by atoms with E-state index in [9.17, 15) is 14.4 Å². The smallest absolute Gasteiger partial charge is 0.255 e. The van der Waals surface area contributed by atoms with Gasteiger partial charge in [-0.25, -0.2) is 0 Å². The summed E-state index contributed by atoms with van der Waals surface area (Å²) in [4.78, 5) is 40.5. The predicted molar refractivity (Wildman–Crippen MR) is 140 cm³/mol. The molecule has 2 aliphatic heterocycles. The van der Waals surface area contributed by atoms with E-state index in [-0.39, 0.29) is 23.6 Å². The van der Waals surface area contributed by atoms with Crippen molar-refractivity contribution < 1.29 is 23.9 Å². The lowest BCUT2D eigenvalue weighted by Crippen LogP contribution is -2.41. The molecule has 3 amide bonds. The molecule has 1 fully saturated rings. The molecular formula is C29H29N3O5. The van der Waals surface area contributed by atoms with Gasteiger partial charge in [0, 0.05) is 41.5 Å². The highest BCUT2D eigenvalue weighted by Gasteiger charge is 2.28. The summed E-state index contributed by atoms with van der Waals surface area (Å²) in [5.41, 5.74) is 3.13. The van der Waals surface area contributed by atoms with E-state index in [1.165, 1.54) is 0 Å². The van der Waals surface area contributed by atoms with Gasteiger partial charge in [0.25, 0.3) is 11.8 Å². The summed E-state index contributed by atoms with van der Waals surface area (Å²) in [6.45, 7) is 3.80. The molecule has 0 spiro atoms. The van der Waals surface area contributed by atoms with E-state index in [0.29, 0.717) is 67.5 Å². The number of fused-ring (bicyclic) bond motifs is 1. The summed E-state index contributed by atoms with van der Waals surface area (Å²) in [6, 6.07) is 19.8. The van der Waals surface area contributed by atoms with Crippen molar-refractivity contribution in [1.82, 2.24) is 4.90 Å². The second kappa shape index (κ2) is 10.7. The summed E-state index contributed by atoms with van der Waals surface area (Å²) < 4.78 is 11.1. The molecule has 0 aromatic heterocycles. The number of likely N-dealkylation sites (tertiary alicyclic amines) is 1. The van der Waals surface area contributed by atoms with Crippen molar-refractivity contribution >= 4 is 29.1 Å². The molecule has 2 N–H and O–H groups in total. The third kappa shape index (κ3) is 5.58. The van der Waals surface area contributed by atoms with Crippen LogP contribution in [0.25, 0.3) is 0 Å². The number of ether oxygens (including phenoxy) is 2. The number of nitrogens with one attached hydrogen (secondary N) is 2. The number of rotatable bonds is 5. The van der Waals surface area contributed by atoms with Crippen molar-refractivity contribution in [3.8, 4) is 11.5 Å². The van der Waals surface area contributed by atoms with Crippen molar-refractivity contribution in [1.29, 1.82) is 0 Å². The van der Waals surface area contributed by atoms with E-state index in [2.05, 4.69) is 10.6 Å². The normalized spacial score (nSPS) is 15.1. The maximum atomic E-state index is 13.2. The van der Waals surface area contributed by atoms with Gasteiger partial charge in [-0.05, 0) is 67.8 Å². The van der Waals surface area contributed by atoms with E-state index >= 15 is 0 Å². The van der Waals surface area contributed by atoms with Gasteiger partial charge in [-0.1, -0.05) is 24.3 Å². The average Bonchev–Trinajstić information content (AvgIpc) is 2.94. The highest BCUT2D eigenvalue weighted by atomic mass is 16.6. The minimum Gasteiger partial charge on any atom is -0.486 e. The van der Waals surface area contributed by atoms with Crippen LogP contribution >= 0.6 is 0 Å². The highest BCUT2D eigenvalue weighted by Crippen LogP contribution is 2.31. The zero-order chi connectivity index (χ0) is 25.8. The van der Waals surface area contributed by atoms with Crippen LogP contribution in [0.3, 0.4) is 0 Å². The van der Waals surface area contributed by atoms with Crippen molar-refractivity contribution in [3.63, 3.8) is 0 Å². The lowest BCUT2D eigenvalue weighted by atomic mass is 9.95. The number of piperidine rings is 1. The molecule has 5 rings (SSSR count). The summed E-state index contributed by atoms with van der Waals surface area (Å²) >= 11 is 0. The third-order valence-electron chi connectivity index (χ3n) is 6.73. The number of nitrogens with zero attached hydrogens (tertiary/aromatic N) is 1. The Hall–Kier alpha value is -4.33. The molecule has 0 bridgehead atoms. The summed E-state index contributed by atoms with van der Waals surface area (Å²) in [5.74, 6) is 0.598. The molecule has 0 aliphatic carbocycles. The Labute approximate surface area is 215 Å². The first kappa shape index (κ1) is 24.4. The van der Waals surface area contributed by atoms with Gasteiger partial charge < -0.3 is 25.0 Å². The average molecular weight is 500 g/mol. The minimum absolute atomic E-state index is 0.0160. The molecular weight excluding hydrogens is 470 g/mol. The Morgan fingerprint density at radius 3 is 2.27 bits per heavy atom. The van der Waals surface area contributed by atoms with Gasteiger partial charge in [0.05, 0.1) is 0 Å². The van der Waals surface area contributed by atoms with Gasteiger partial charge in [-0.3, -0.25) is 14.4 Å². The van der Waals surface area contributed by atoms with Crippen LogP contribution in [0, 0.1) is 12.8 Å². The fraction of sp³-hybridized carbons (Fsp3) is 0.276. The van der Waals surface area contributed by atoms with Gasteiger partial charge in [-0.2, -0.15) is 0 Å². The molecule has 0 unspecified atom stereocenters. The van der Waals surface area contributed by atoms with Crippen LogP contribution in [0.1, 0.15) is 39.1 Å². The minimum atomic E-state index is -0.296. The van der Waals surface area contributed by atoms with Gasteiger partial charge in [0.2, 0.25) is 5.91 Å². The second-order valence-corrected chi connectivity index (χ2v) is 9.26. The Morgan fingerprint density at radius 1 is 0.811 bits per heavy atom. The fourth-order valence-corrected chi connectivity index (χ4v) is 4.56. The molecule has 3 aromatic rings. The van der Waals surface area contributed by atoms with Gasteiger partial charge in [-0.15, -0.1) is 0 Å². The number of benzene rings is 3. The number of anilines is 2. The Bertz CT molecular complexity index is 1320. The van der Waals surface area contributed by atoms with Crippen molar-refractivity contribution in [2.45, 2.75) is 19.8 Å². The van der Waals surface area contributed by atoms with Gasteiger partial charge in [0.1, 0.15) is 13.2 Å². The highest BCUT2D eigenvalue weighted by molar-refractivity contribution is 6.06. The van der Waals surface area contributed by atoms with E-state index in [1.807, 2.05) is 43.3 Å². The van der Waals surface area contributed by atoms with Crippen molar-refractivity contribution in [2.24, 2.45) is 5.92 Å². The third-order valence-corrected chi connectivity index (χ3v) is 6.73. The summed E-state index contributed by atoms with van der Waals surface area (Å²) in [5, 5.41) is 5.87. The number of para-hydroxylation sites is 1. The second-order valence-electron chi connectivity index (χ2n) is 9.26. The van der Waals surface area contributed by atoms with E-state index < -0.39 is 0 Å². The Balaban J connectivity index is 1.21. The largest absolute Gasteiger partial charge is 0.486 e. The number of aryl methyl sites for hydroxylation is 1. The number of carbonyl (C=O) groups is 3. The molecule has 3 aromatic carbocycles. The Morgan fingerprint density at radius 2 is 1.51 bits per heavy atom. The maximum absolute atomic E-state index is 13.2. The van der Waals surface area contributed by atoms with Crippen LogP contribution in [-0.2, 0) is 4.79 Å². The first-order valence-electron chi connectivity index (χ1n) is 12.4. The molecule has 2 aliphatic rings. The Kier molecular flexibility index (Phi) is 7.07. The molecule has 0 radical (unpaired) electrons. The molecule has 37 heavy (non-hydrogen) atoms. The summed E-state index contributed by atoms with van der Waals surface area (Å²) in [7, 11) is 0. The number of hydrogen-bond donors (Lipinski definition) is 2. The molecule has 8 heteroatoms. The zero-order valence-electron chi connectivity index (χ0n) is 20.7. The molecule has 2 heterocycles. The van der Waals surface area contributed by atoms with Crippen LogP contribution in [0.15, 0.2) is 66.7 Å². The SMILES string of the molecule is Cc1ccc(C(=O)N2CCC(C(=O)Nc3ccccc3)CC2)cc1NC(=O)c1ccc2c(c1)OCCO2. The van der Waals surface area contributed by atoms with Gasteiger partial charge in [0.15, 0.2) is 11.5 Å². The van der Waals surface area contributed by atoms with Crippen LogP contribution in [0.2, 0.25) is 0 Å². The standard InChI is InChI=1S/C29H29N3O5/c1-19-7-8-22(17-24(19)31-28(34)21-9-10-25-26(18-21)37-16-15-36-25)29(35)32-13-11-20(12-14-32)27(33)30-23-5-3-2-4-6-23/h2-10,17-18,20H,11-16H2,1H3,(H,30,33)(H,31,34). The quantitative estimate of drug-likeness (QED) is 0.539. The number of amides is 3. The fourth-order valence-electron chi connectivity index (χ4n) is 4.56. The van der Waals surface area contributed by atoms with E-state index in [1.54, 1.807) is 35.2 Å². The van der Waals surface area contributed by atoms with Gasteiger partial charge >= 0.3 is 0 Å². The topological polar surface area (TPSA) is 97.0 Å². The maximum Gasteiger partial charge on any atom is 0.255 e. The predicted octanol–water partition coefficient (Wildman–Crippen LogP) is 4.51. The lowest BCUT2D eigenvalue weighted by Gasteiger charge is -2.31. The van der Waals surface area contributed by atoms with Crippen LogP contribution in [-0.4, -0.2) is 48.9 Å². The number of carbonyl (C=O) groups excluding carboxylic acids is 3. The van der Waals surface area contributed by atoms with Crippen LogP contribution < -0.4 is 20.1 Å². The summed E-state index contributed by atoms with van der Waals surface area (Å²) in [6.07, 6.45) is 1.20. The molecule has 0 saturated carbocycles. The van der Waals surface area contributed by atoms with E-state index in [0.717, 1.165) is 11.3 Å². The van der Waals surface area contributed by atoms with Crippen molar-refractivity contribution in [3.05, 3.63) is 83.4 Å². The van der Waals surface area contributed by atoms with Crippen LogP contribution in [0.4, 0.5) is 11.4 Å². The number of hydrogen-bond acceptors (Lipinski definition) is 5. The lowest BCUT2D eigenvalue weighted by molar-refractivity contribution is -0.121. The zero-order valence-corrected chi connectivity index (χ0v) is 20.7. The molecule has 1 saturated heterocycles. The van der Waals surface area contributed by atoms with Crippen LogP contribution in [0.5, 0.6) is 11.5 Å². The van der Waals surface area contributed by atoms with E-state index in [4.69, 9.17) is 9.47 Å². The molecule has 8 nitrogen and oxygen atoms in total. The first-order valence-corrected chi connectivity index (χ1v) is 12.4. The monoisotopic (exact) mass is 499 g/mol. The first-order chi connectivity index (χ1) is 18.0. The molecule has 0 atom stereocenters. The van der Waals surface area contributed by atoms with Crippen molar-refractivity contribution in [2.75, 3.05) is 36.9 Å².